The molecule has 0 aromatic carbocycles. The number of nitrogens with one attached hydrogen (secondary N) is 1. The minimum Gasteiger partial charge on any atom is -0.396 e. The summed E-state index contributed by atoms with van der Waals surface area (Å²) in [6, 6.07) is 1.88. The highest BCUT2D eigenvalue weighted by Gasteiger charge is 2.20. The van der Waals surface area contributed by atoms with Crippen molar-refractivity contribution in [2.24, 2.45) is 5.41 Å². The van der Waals surface area contributed by atoms with Gasteiger partial charge in [0, 0.05) is 24.6 Å². The molecule has 19 heavy (non-hydrogen) atoms. The Hall–Kier alpha value is -0.680. The first-order valence-electron chi connectivity index (χ1n) is 6.54. The van der Waals surface area contributed by atoms with Crippen molar-refractivity contribution in [2.75, 3.05) is 18.5 Å². The highest BCUT2D eigenvalue weighted by atomic mass is 79.9. The molecule has 5 heteroatoms. The van der Waals surface area contributed by atoms with E-state index in [0.717, 1.165) is 29.2 Å². The summed E-state index contributed by atoms with van der Waals surface area (Å²) in [6.07, 6.45) is 0.762. The summed E-state index contributed by atoms with van der Waals surface area (Å²) in [5.74, 6) is 1.63. The summed E-state index contributed by atoms with van der Waals surface area (Å²) in [5, 5.41) is 12.4. The third-order valence-electron chi connectivity index (χ3n) is 2.90. The summed E-state index contributed by atoms with van der Waals surface area (Å²) in [7, 11) is 0. The predicted molar refractivity (Wildman–Crippen MR) is 82.4 cm³/mol. The van der Waals surface area contributed by atoms with E-state index in [0.29, 0.717) is 0 Å². The van der Waals surface area contributed by atoms with Gasteiger partial charge in [-0.05, 0) is 27.8 Å². The maximum Gasteiger partial charge on any atom is 0.137 e. The smallest absolute Gasteiger partial charge is 0.137 e. The van der Waals surface area contributed by atoms with Crippen molar-refractivity contribution >= 4 is 21.7 Å². The van der Waals surface area contributed by atoms with E-state index in [-0.39, 0.29) is 17.4 Å². The van der Waals surface area contributed by atoms with E-state index in [1.165, 1.54) is 0 Å². The predicted octanol–water partition coefficient (Wildman–Crippen LogP) is 3.36. The fraction of sp³-hybridized carbons (Fsp3) is 0.714. The second kappa shape index (κ2) is 6.18. The minimum atomic E-state index is -0.0825. The molecular weight excluding hydrogens is 306 g/mol. The van der Waals surface area contributed by atoms with Gasteiger partial charge in [0.2, 0.25) is 0 Å². The van der Waals surface area contributed by atoms with Crippen molar-refractivity contribution < 1.29 is 5.11 Å². The number of aromatic nitrogens is 2. The lowest BCUT2D eigenvalue weighted by Crippen LogP contribution is -2.25. The van der Waals surface area contributed by atoms with Crippen molar-refractivity contribution in [3.8, 4) is 0 Å². The molecule has 1 aromatic heterocycles. The van der Waals surface area contributed by atoms with Crippen molar-refractivity contribution in [1.29, 1.82) is 0 Å². The number of nitrogens with zero attached hydrogens (tertiary/aromatic N) is 2. The quantitative estimate of drug-likeness (QED) is 0.813. The van der Waals surface area contributed by atoms with Gasteiger partial charge in [-0.1, -0.05) is 34.6 Å². The third kappa shape index (κ3) is 5.45. The molecule has 1 aromatic rings. The minimum absolute atomic E-state index is 0.0358. The Morgan fingerprint density at radius 1 is 1.21 bits per heavy atom. The Labute approximate surface area is 124 Å². The van der Waals surface area contributed by atoms with Crippen molar-refractivity contribution in [2.45, 2.75) is 46.5 Å². The van der Waals surface area contributed by atoms with Gasteiger partial charge in [0.25, 0.3) is 0 Å². The molecule has 0 saturated carbocycles. The van der Waals surface area contributed by atoms with Crippen molar-refractivity contribution in [3.63, 3.8) is 0 Å². The summed E-state index contributed by atoms with van der Waals surface area (Å²) in [5.41, 5.74) is -0.0467. The first-order chi connectivity index (χ1) is 8.64. The molecule has 0 unspecified atom stereocenters. The van der Waals surface area contributed by atoms with Crippen molar-refractivity contribution in [3.05, 3.63) is 16.5 Å². The van der Waals surface area contributed by atoms with Crippen LogP contribution in [0.25, 0.3) is 0 Å². The van der Waals surface area contributed by atoms with Crippen LogP contribution < -0.4 is 5.32 Å². The number of aliphatic hydroxyl groups excluding tert-OH is 1. The molecule has 0 amide bonds. The standard InChI is InChI=1S/C14H24BrN3O/c1-13(2,3)12-17-10(15)8-11(18-12)16-9-14(4,5)6-7-19/h8,19H,6-7,9H2,1-5H3,(H,16,17,18). The van der Waals surface area contributed by atoms with E-state index in [1.807, 2.05) is 6.07 Å². The number of anilines is 1. The zero-order chi connectivity index (χ0) is 14.7. The van der Waals surface area contributed by atoms with Crippen LogP contribution in [0.2, 0.25) is 0 Å². The molecule has 0 bridgehead atoms. The number of hydrogen-bond acceptors (Lipinski definition) is 4. The molecule has 0 aliphatic rings. The van der Waals surface area contributed by atoms with Gasteiger partial charge in [-0.25, -0.2) is 9.97 Å². The molecule has 108 valence electrons. The summed E-state index contributed by atoms with van der Waals surface area (Å²) in [4.78, 5) is 8.96. The molecule has 2 N–H and O–H groups in total. The third-order valence-corrected chi connectivity index (χ3v) is 3.31. The Balaban J connectivity index is 2.82. The van der Waals surface area contributed by atoms with E-state index >= 15 is 0 Å². The molecule has 0 saturated heterocycles. The van der Waals surface area contributed by atoms with Crippen LogP contribution in [0.4, 0.5) is 5.82 Å². The Bertz CT molecular complexity index is 427. The lowest BCUT2D eigenvalue weighted by atomic mass is 9.90. The van der Waals surface area contributed by atoms with Gasteiger partial charge in [-0.2, -0.15) is 0 Å². The molecular formula is C14H24BrN3O. The van der Waals surface area contributed by atoms with Crippen LogP contribution in [0.15, 0.2) is 10.7 Å². The SMILES string of the molecule is CC(C)(CCO)CNc1cc(Br)nc(C(C)(C)C)n1. The van der Waals surface area contributed by atoms with Crippen LogP contribution in [0.1, 0.15) is 46.9 Å². The molecule has 0 atom stereocenters. The van der Waals surface area contributed by atoms with Crippen LogP contribution in [-0.4, -0.2) is 28.2 Å². The molecule has 0 fully saturated rings. The fourth-order valence-electron chi connectivity index (χ4n) is 1.56. The van der Waals surface area contributed by atoms with Gasteiger partial charge in [-0.15, -0.1) is 0 Å². The zero-order valence-corrected chi connectivity index (χ0v) is 14.0. The van der Waals surface area contributed by atoms with Crippen LogP contribution in [0.5, 0.6) is 0 Å². The monoisotopic (exact) mass is 329 g/mol. The summed E-state index contributed by atoms with van der Waals surface area (Å²) >= 11 is 3.43. The van der Waals surface area contributed by atoms with Gasteiger partial charge in [0.1, 0.15) is 16.2 Å². The maximum absolute atomic E-state index is 9.03. The van der Waals surface area contributed by atoms with Crippen LogP contribution in [-0.2, 0) is 5.41 Å². The molecule has 0 aliphatic heterocycles. The number of aliphatic hydroxyl groups is 1. The number of rotatable bonds is 5. The van der Waals surface area contributed by atoms with Gasteiger partial charge in [0.05, 0.1) is 0 Å². The van der Waals surface area contributed by atoms with E-state index in [1.54, 1.807) is 0 Å². The van der Waals surface area contributed by atoms with Gasteiger partial charge < -0.3 is 10.4 Å². The maximum atomic E-state index is 9.03. The van der Waals surface area contributed by atoms with Crippen LogP contribution in [0.3, 0.4) is 0 Å². The largest absolute Gasteiger partial charge is 0.396 e. The van der Waals surface area contributed by atoms with Gasteiger partial charge in [-0.3, -0.25) is 0 Å². The fourth-order valence-corrected chi connectivity index (χ4v) is 1.95. The molecule has 1 heterocycles. The first kappa shape index (κ1) is 16.4. The van der Waals surface area contributed by atoms with Crippen molar-refractivity contribution in [1.82, 2.24) is 9.97 Å². The van der Waals surface area contributed by atoms with Crippen LogP contribution in [0, 0.1) is 5.41 Å². The Morgan fingerprint density at radius 3 is 2.37 bits per heavy atom. The topological polar surface area (TPSA) is 58.0 Å². The average molecular weight is 330 g/mol. The molecule has 0 radical (unpaired) electrons. The average Bonchev–Trinajstić information content (AvgIpc) is 2.24. The lowest BCUT2D eigenvalue weighted by Gasteiger charge is -2.25. The lowest BCUT2D eigenvalue weighted by molar-refractivity contribution is 0.220. The van der Waals surface area contributed by atoms with Crippen LogP contribution >= 0.6 is 15.9 Å². The van der Waals surface area contributed by atoms with Gasteiger partial charge in [0.15, 0.2) is 0 Å². The summed E-state index contributed by atoms with van der Waals surface area (Å²) in [6.45, 7) is 11.5. The Kier molecular flexibility index (Phi) is 5.33. The summed E-state index contributed by atoms with van der Waals surface area (Å²) < 4.78 is 0.787. The second-order valence-corrected chi connectivity index (χ2v) is 7.45. The number of halogens is 1. The molecule has 1 rings (SSSR count). The molecule has 4 nitrogen and oxygen atoms in total. The normalized spacial score (nSPS) is 12.6. The van der Waals surface area contributed by atoms with E-state index < -0.39 is 0 Å². The first-order valence-corrected chi connectivity index (χ1v) is 7.33. The van der Waals surface area contributed by atoms with E-state index in [9.17, 15) is 0 Å². The highest BCUT2D eigenvalue weighted by molar-refractivity contribution is 9.10. The van der Waals surface area contributed by atoms with E-state index in [2.05, 4.69) is 65.8 Å². The van der Waals surface area contributed by atoms with Gasteiger partial charge >= 0.3 is 0 Å². The highest BCUT2D eigenvalue weighted by Crippen LogP contribution is 2.24. The van der Waals surface area contributed by atoms with E-state index in [4.69, 9.17) is 5.11 Å². The second-order valence-electron chi connectivity index (χ2n) is 6.64. The Morgan fingerprint density at radius 2 is 1.84 bits per heavy atom. The molecule has 0 aliphatic carbocycles. The number of hydrogen-bond donors (Lipinski definition) is 2. The zero-order valence-electron chi connectivity index (χ0n) is 12.4. The molecule has 0 spiro atoms.